The Balaban J connectivity index is 1.51. The average molecular weight is 460 g/mol. The predicted octanol–water partition coefficient (Wildman–Crippen LogP) is 6.74. The number of carbonyl (C=O) groups excluding carboxylic acids is 1. The lowest BCUT2D eigenvalue weighted by Gasteiger charge is -2.24. The van der Waals surface area contributed by atoms with E-state index in [0.29, 0.717) is 22.9 Å². The summed E-state index contributed by atoms with van der Waals surface area (Å²) in [5.41, 5.74) is 5.43. The van der Waals surface area contributed by atoms with E-state index in [1.165, 1.54) is 44.8 Å². The minimum absolute atomic E-state index is 0.403. The molecule has 1 aliphatic carbocycles. The van der Waals surface area contributed by atoms with E-state index in [9.17, 15) is 4.79 Å². The van der Waals surface area contributed by atoms with Gasteiger partial charge in [-0.2, -0.15) is 0 Å². The van der Waals surface area contributed by atoms with Crippen molar-refractivity contribution in [2.75, 3.05) is 31.5 Å². The van der Waals surface area contributed by atoms with Gasteiger partial charge in [-0.1, -0.05) is 31.4 Å². The van der Waals surface area contributed by atoms with E-state index in [4.69, 9.17) is 9.47 Å². The lowest BCUT2D eigenvalue weighted by Crippen LogP contribution is -2.12. The summed E-state index contributed by atoms with van der Waals surface area (Å²) in [5.74, 6) is 1.72. The SMILES string of the molecule is COC(=O)c1cc(OC)ccc1Nc1cnc(N(C)c2ccc(C3CCCCC3)cc2)cc1C. The molecule has 1 heterocycles. The molecule has 1 aliphatic rings. The minimum Gasteiger partial charge on any atom is -0.497 e. The van der Waals surface area contributed by atoms with Gasteiger partial charge in [0.15, 0.2) is 0 Å². The van der Waals surface area contributed by atoms with Crippen molar-refractivity contribution in [2.24, 2.45) is 0 Å². The molecule has 0 unspecified atom stereocenters. The number of carbonyl (C=O) groups is 1. The summed E-state index contributed by atoms with van der Waals surface area (Å²) < 4.78 is 10.2. The van der Waals surface area contributed by atoms with Crippen LogP contribution in [0.3, 0.4) is 0 Å². The van der Waals surface area contributed by atoms with Crippen molar-refractivity contribution >= 4 is 28.8 Å². The molecular formula is C28H33N3O3. The number of aromatic nitrogens is 1. The maximum atomic E-state index is 12.3. The molecule has 0 atom stereocenters. The third kappa shape index (κ3) is 5.16. The highest BCUT2D eigenvalue weighted by molar-refractivity contribution is 5.97. The van der Waals surface area contributed by atoms with E-state index in [1.807, 2.05) is 20.0 Å². The molecule has 0 amide bonds. The summed E-state index contributed by atoms with van der Waals surface area (Å²) in [6.07, 6.45) is 8.45. The van der Waals surface area contributed by atoms with Crippen LogP contribution in [0, 0.1) is 6.92 Å². The van der Waals surface area contributed by atoms with Gasteiger partial charge in [0, 0.05) is 12.7 Å². The lowest BCUT2D eigenvalue weighted by molar-refractivity contribution is 0.0601. The number of nitrogens with zero attached hydrogens (tertiary/aromatic N) is 2. The second-order valence-corrected chi connectivity index (χ2v) is 8.87. The Morgan fingerprint density at radius 3 is 2.38 bits per heavy atom. The first-order valence-electron chi connectivity index (χ1n) is 11.8. The first kappa shape index (κ1) is 23.6. The Kier molecular flexibility index (Phi) is 7.36. The number of methoxy groups -OCH3 is 2. The third-order valence-electron chi connectivity index (χ3n) is 6.70. The molecule has 1 saturated carbocycles. The fourth-order valence-corrected chi connectivity index (χ4v) is 4.58. The van der Waals surface area contributed by atoms with Crippen LogP contribution in [-0.4, -0.2) is 32.2 Å². The van der Waals surface area contributed by atoms with Gasteiger partial charge in [-0.3, -0.25) is 0 Å². The molecule has 6 nitrogen and oxygen atoms in total. The number of rotatable bonds is 7. The molecule has 2 aromatic carbocycles. The average Bonchev–Trinajstić information content (AvgIpc) is 2.89. The molecular weight excluding hydrogens is 426 g/mol. The number of esters is 1. The maximum Gasteiger partial charge on any atom is 0.340 e. The third-order valence-corrected chi connectivity index (χ3v) is 6.70. The minimum atomic E-state index is -0.431. The van der Waals surface area contributed by atoms with Crippen LogP contribution in [0.2, 0.25) is 0 Å². The zero-order chi connectivity index (χ0) is 24.1. The summed E-state index contributed by atoms with van der Waals surface area (Å²) >= 11 is 0. The second-order valence-electron chi connectivity index (χ2n) is 8.87. The van der Waals surface area contributed by atoms with Crippen LogP contribution in [0.25, 0.3) is 0 Å². The fourth-order valence-electron chi connectivity index (χ4n) is 4.58. The predicted molar refractivity (Wildman–Crippen MR) is 137 cm³/mol. The quantitative estimate of drug-likeness (QED) is 0.395. The molecule has 0 saturated heterocycles. The molecule has 0 aliphatic heterocycles. The van der Waals surface area contributed by atoms with Crippen LogP contribution in [0.15, 0.2) is 54.7 Å². The molecule has 0 bridgehead atoms. The number of aryl methyl sites for hydroxylation is 1. The van der Waals surface area contributed by atoms with E-state index < -0.39 is 5.97 Å². The Hall–Kier alpha value is -3.54. The first-order valence-corrected chi connectivity index (χ1v) is 11.8. The Labute approximate surface area is 201 Å². The monoisotopic (exact) mass is 459 g/mol. The van der Waals surface area contributed by atoms with Gasteiger partial charge >= 0.3 is 5.97 Å². The molecule has 0 radical (unpaired) electrons. The zero-order valence-corrected chi connectivity index (χ0v) is 20.4. The van der Waals surface area contributed by atoms with Crippen LogP contribution in [0.1, 0.15) is 59.5 Å². The van der Waals surface area contributed by atoms with E-state index in [0.717, 1.165) is 22.8 Å². The van der Waals surface area contributed by atoms with Crippen LogP contribution < -0.4 is 15.0 Å². The highest BCUT2D eigenvalue weighted by Gasteiger charge is 2.17. The number of pyridine rings is 1. The van der Waals surface area contributed by atoms with Crippen molar-refractivity contribution in [3.63, 3.8) is 0 Å². The molecule has 34 heavy (non-hydrogen) atoms. The van der Waals surface area contributed by atoms with Crippen LogP contribution in [0.5, 0.6) is 5.75 Å². The number of nitrogens with one attached hydrogen (secondary N) is 1. The number of anilines is 4. The van der Waals surface area contributed by atoms with Crippen LogP contribution in [0.4, 0.5) is 22.9 Å². The highest BCUT2D eigenvalue weighted by Crippen LogP contribution is 2.34. The molecule has 1 aromatic heterocycles. The first-order chi connectivity index (χ1) is 16.5. The van der Waals surface area contributed by atoms with Gasteiger partial charge in [0.05, 0.1) is 37.4 Å². The molecule has 6 heteroatoms. The van der Waals surface area contributed by atoms with Gasteiger partial charge in [-0.15, -0.1) is 0 Å². The van der Waals surface area contributed by atoms with Gasteiger partial charge in [-0.25, -0.2) is 9.78 Å². The number of hydrogen-bond acceptors (Lipinski definition) is 6. The van der Waals surface area contributed by atoms with Gasteiger partial charge in [0.1, 0.15) is 11.6 Å². The van der Waals surface area contributed by atoms with E-state index in [2.05, 4.69) is 39.5 Å². The lowest BCUT2D eigenvalue weighted by atomic mass is 9.84. The summed E-state index contributed by atoms with van der Waals surface area (Å²) in [7, 11) is 4.96. The highest BCUT2D eigenvalue weighted by atomic mass is 16.5. The maximum absolute atomic E-state index is 12.3. The topological polar surface area (TPSA) is 63.7 Å². The summed E-state index contributed by atoms with van der Waals surface area (Å²) in [4.78, 5) is 19.0. The number of benzene rings is 2. The van der Waals surface area contributed by atoms with Crippen molar-refractivity contribution in [3.8, 4) is 5.75 Å². The normalized spacial score (nSPS) is 13.9. The van der Waals surface area contributed by atoms with Crippen molar-refractivity contribution in [1.82, 2.24) is 4.98 Å². The summed E-state index contributed by atoms with van der Waals surface area (Å²) in [6, 6.07) is 16.2. The van der Waals surface area contributed by atoms with Gasteiger partial charge in [0.25, 0.3) is 0 Å². The summed E-state index contributed by atoms with van der Waals surface area (Å²) in [5, 5.41) is 3.32. The molecule has 1 fully saturated rings. The molecule has 0 spiro atoms. The van der Waals surface area contributed by atoms with Crippen LogP contribution in [-0.2, 0) is 4.74 Å². The van der Waals surface area contributed by atoms with Crippen molar-refractivity contribution in [3.05, 3.63) is 71.4 Å². The Morgan fingerprint density at radius 2 is 1.74 bits per heavy atom. The van der Waals surface area contributed by atoms with Crippen molar-refractivity contribution in [1.29, 1.82) is 0 Å². The van der Waals surface area contributed by atoms with Gasteiger partial charge in [-0.05, 0) is 73.2 Å². The van der Waals surface area contributed by atoms with E-state index in [1.54, 1.807) is 31.5 Å². The molecule has 178 valence electrons. The number of ether oxygens (including phenoxy) is 2. The molecule has 3 aromatic rings. The second kappa shape index (κ2) is 10.6. The Bertz CT molecular complexity index is 1140. The van der Waals surface area contributed by atoms with E-state index >= 15 is 0 Å². The number of hydrogen-bond donors (Lipinski definition) is 1. The van der Waals surface area contributed by atoms with Gasteiger partial charge < -0.3 is 19.7 Å². The Morgan fingerprint density at radius 1 is 1.00 bits per heavy atom. The zero-order valence-electron chi connectivity index (χ0n) is 20.4. The summed E-state index contributed by atoms with van der Waals surface area (Å²) in [6.45, 7) is 2.02. The van der Waals surface area contributed by atoms with Crippen molar-refractivity contribution in [2.45, 2.75) is 44.9 Å². The van der Waals surface area contributed by atoms with E-state index in [-0.39, 0.29) is 0 Å². The standard InChI is InChI=1S/C28H33N3O3/c1-19-16-27(31(2)22-12-10-21(11-13-22)20-8-6-5-7-9-20)29-18-26(19)30-25-15-14-23(33-3)17-24(25)28(32)34-4/h10-18,20,30H,5-9H2,1-4H3. The van der Waals surface area contributed by atoms with Crippen LogP contribution >= 0.6 is 0 Å². The molecule has 1 N–H and O–H groups in total. The fraction of sp³-hybridized carbons (Fsp3) is 0.357. The molecule has 4 rings (SSSR count). The van der Waals surface area contributed by atoms with Crippen molar-refractivity contribution < 1.29 is 14.3 Å². The smallest absolute Gasteiger partial charge is 0.340 e. The van der Waals surface area contributed by atoms with Gasteiger partial charge in [0.2, 0.25) is 0 Å². The largest absolute Gasteiger partial charge is 0.497 e.